The summed E-state index contributed by atoms with van der Waals surface area (Å²) in [7, 11) is 0. The molecule has 2 N–H and O–H groups in total. The van der Waals surface area contributed by atoms with Gasteiger partial charge in [0.1, 0.15) is 5.82 Å². The molecule has 1 aliphatic heterocycles. The third-order valence-corrected chi connectivity index (χ3v) is 4.15. The molecule has 1 heterocycles. The number of rotatable bonds is 7. The zero-order valence-corrected chi connectivity index (χ0v) is 12.8. The molecule has 0 atom stereocenters. The molecule has 21 heavy (non-hydrogen) atoms. The minimum Gasteiger partial charge on any atom is -0.380 e. The number of halogens is 2. The number of hydrogen-bond acceptors (Lipinski definition) is 3. The number of carbonyl (C=O) groups excluding carboxylic acids is 1. The molecule has 1 fully saturated rings. The highest BCUT2D eigenvalue weighted by Crippen LogP contribution is 2.29. The monoisotopic (exact) mass is 314 g/mol. The number of hydrogen-bond donors (Lipinski definition) is 2. The fourth-order valence-corrected chi connectivity index (χ4v) is 2.40. The van der Waals surface area contributed by atoms with Crippen LogP contribution in [-0.4, -0.2) is 32.2 Å². The van der Waals surface area contributed by atoms with Crippen molar-refractivity contribution in [3.05, 3.63) is 34.6 Å². The first-order valence-electron chi connectivity index (χ1n) is 7.04. The predicted molar refractivity (Wildman–Crippen MR) is 79.7 cm³/mol. The maximum absolute atomic E-state index is 13.6. The van der Waals surface area contributed by atoms with Crippen LogP contribution in [-0.2, 0) is 16.1 Å². The van der Waals surface area contributed by atoms with Gasteiger partial charge in [-0.1, -0.05) is 30.7 Å². The lowest BCUT2D eigenvalue weighted by molar-refractivity contribution is -0.123. The third kappa shape index (κ3) is 4.15. The lowest BCUT2D eigenvalue weighted by atomic mass is 9.83. The SMILES string of the molecule is CCC1(CNCC(=O)NCc2cccc(Cl)c2F)COC1. The average Bonchev–Trinajstić information content (AvgIpc) is 2.43. The highest BCUT2D eigenvalue weighted by atomic mass is 35.5. The van der Waals surface area contributed by atoms with Crippen molar-refractivity contribution in [2.24, 2.45) is 5.41 Å². The van der Waals surface area contributed by atoms with Gasteiger partial charge in [-0.05, 0) is 12.5 Å². The summed E-state index contributed by atoms with van der Waals surface area (Å²) in [6, 6.07) is 4.74. The lowest BCUT2D eigenvalue weighted by Gasteiger charge is -2.40. The van der Waals surface area contributed by atoms with E-state index in [9.17, 15) is 9.18 Å². The Hall–Kier alpha value is -1.17. The maximum atomic E-state index is 13.6. The van der Waals surface area contributed by atoms with Crippen LogP contribution in [0.2, 0.25) is 5.02 Å². The molecular weight excluding hydrogens is 295 g/mol. The largest absolute Gasteiger partial charge is 0.380 e. The minimum absolute atomic E-state index is 0.0646. The lowest BCUT2D eigenvalue weighted by Crippen LogP contribution is -2.50. The van der Waals surface area contributed by atoms with Crippen molar-refractivity contribution >= 4 is 17.5 Å². The number of nitrogens with one attached hydrogen (secondary N) is 2. The van der Waals surface area contributed by atoms with E-state index in [4.69, 9.17) is 16.3 Å². The van der Waals surface area contributed by atoms with Crippen molar-refractivity contribution in [2.45, 2.75) is 19.9 Å². The molecule has 0 radical (unpaired) electrons. The summed E-state index contributed by atoms with van der Waals surface area (Å²) in [5.74, 6) is -0.648. The van der Waals surface area contributed by atoms with Crippen LogP contribution in [0.1, 0.15) is 18.9 Å². The van der Waals surface area contributed by atoms with Gasteiger partial charge in [-0.3, -0.25) is 4.79 Å². The Labute approximate surface area is 129 Å². The number of benzene rings is 1. The van der Waals surface area contributed by atoms with Gasteiger partial charge >= 0.3 is 0 Å². The summed E-state index contributed by atoms with van der Waals surface area (Å²) in [6.45, 7) is 4.70. The molecule has 1 saturated heterocycles. The molecule has 1 amide bonds. The summed E-state index contributed by atoms with van der Waals surface area (Å²) in [5, 5.41) is 5.87. The van der Waals surface area contributed by atoms with E-state index >= 15 is 0 Å². The predicted octanol–water partition coefficient (Wildman–Crippen LogP) is 2.11. The Kier molecular flexibility index (Phi) is 5.56. The molecule has 2 rings (SSSR count). The van der Waals surface area contributed by atoms with Crippen LogP contribution in [0.15, 0.2) is 18.2 Å². The van der Waals surface area contributed by atoms with Crippen LogP contribution >= 0.6 is 11.6 Å². The second kappa shape index (κ2) is 7.20. The fraction of sp³-hybridized carbons (Fsp3) is 0.533. The molecule has 0 saturated carbocycles. The fourth-order valence-electron chi connectivity index (χ4n) is 2.20. The van der Waals surface area contributed by atoms with Gasteiger partial charge in [-0.2, -0.15) is 0 Å². The molecule has 116 valence electrons. The van der Waals surface area contributed by atoms with Gasteiger partial charge < -0.3 is 15.4 Å². The Balaban J connectivity index is 1.71. The van der Waals surface area contributed by atoms with Gasteiger partial charge in [0, 0.05) is 24.1 Å². The van der Waals surface area contributed by atoms with Crippen LogP contribution in [0, 0.1) is 11.2 Å². The second-order valence-electron chi connectivity index (χ2n) is 5.44. The van der Waals surface area contributed by atoms with E-state index < -0.39 is 5.82 Å². The van der Waals surface area contributed by atoms with Crippen molar-refractivity contribution in [3.63, 3.8) is 0 Å². The first-order valence-corrected chi connectivity index (χ1v) is 7.42. The molecule has 1 aliphatic rings. The van der Waals surface area contributed by atoms with E-state index in [1.54, 1.807) is 12.1 Å². The Morgan fingerprint density at radius 1 is 1.48 bits per heavy atom. The van der Waals surface area contributed by atoms with Gasteiger partial charge in [0.15, 0.2) is 0 Å². The van der Waals surface area contributed by atoms with Gasteiger partial charge in [-0.15, -0.1) is 0 Å². The van der Waals surface area contributed by atoms with Crippen molar-refractivity contribution in [1.29, 1.82) is 0 Å². The van der Waals surface area contributed by atoms with E-state index in [1.807, 2.05) is 0 Å². The second-order valence-corrected chi connectivity index (χ2v) is 5.85. The zero-order valence-electron chi connectivity index (χ0n) is 12.0. The van der Waals surface area contributed by atoms with Crippen LogP contribution in [0.3, 0.4) is 0 Å². The number of ether oxygens (including phenoxy) is 1. The van der Waals surface area contributed by atoms with E-state index in [2.05, 4.69) is 17.6 Å². The Morgan fingerprint density at radius 2 is 2.24 bits per heavy atom. The van der Waals surface area contributed by atoms with Crippen LogP contribution < -0.4 is 10.6 Å². The van der Waals surface area contributed by atoms with E-state index in [0.29, 0.717) is 5.56 Å². The number of carbonyl (C=O) groups is 1. The van der Waals surface area contributed by atoms with Crippen molar-refractivity contribution in [1.82, 2.24) is 10.6 Å². The molecule has 1 aromatic carbocycles. The first kappa shape index (κ1) is 16.2. The molecule has 4 nitrogen and oxygen atoms in total. The molecule has 0 spiro atoms. The molecule has 0 aromatic heterocycles. The molecule has 0 bridgehead atoms. The summed E-state index contributed by atoms with van der Waals surface area (Å²) in [5.41, 5.74) is 0.549. The first-order chi connectivity index (χ1) is 10.1. The highest BCUT2D eigenvalue weighted by Gasteiger charge is 2.36. The van der Waals surface area contributed by atoms with Crippen LogP contribution in [0.5, 0.6) is 0 Å². The third-order valence-electron chi connectivity index (χ3n) is 3.86. The summed E-state index contributed by atoms with van der Waals surface area (Å²) < 4.78 is 18.9. The summed E-state index contributed by atoms with van der Waals surface area (Å²) >= 11 is 5.69. The molecule has 0 unspecified atom stereocenters. The molecule has 6 heteroatoms. The molecule has 0 aliphatic carbocycles. The van der Waals surface area contributed by atoms with Crippen LogP contribution in [0.4, 0.5) is 4.39 Å². The van der Waals surface area contributed by atoms with E-state index in [0.717, 1.165) is 26.2 Å². The van der Waals surface area contributed by atoms with Gasteiger partial charge in [-0.25, -0.2) is 4.39 Å². The standard InChI is InChI=1S/C15H20ClFN2O2/c1-2-15(9-21-10-15)8-18-7-13(20)19-6-11-4-3-5-12(16)14(11)17/h3-5,18H,2,6-10H2,1H3,(H,19,20). The normalized spacial score (nSPS) is 16.3. The summed E-state index contributed by atoms with van der Waals surface area (Å²) in [4.78, 5) is 11.7. The van der Waals surface area contributed by atoms with Crippen LogP contribution in [0.25, 0.3) is 0 Å². The Morgan fingerprint density at radius 3 is 2.86 bits per heavy atom. The van der Waals surface area contributed by atoms with E-state index in [1.165, 1.54) is 6.07 Å². The highest BCUT2D eigenvalue weighted by molar-refractivity contribution is 6.30. The Bertz CT molecular complexity index is 501. The summed E-state index contributed by atoms with van der Waals surface area (Å²) in [6.07, 6.45) is 1.02. The molecule has 1 aromatic rings. The zero-order chi connectivity index (χ0) is 15.3. The smallest absolute Gasteiger partial charge is 0.234 e. The number of amides is 1. The van der Waals surface area contributed by atoms with Crippen molar-refractivity contribution in [2.75, 3.05) is 26.3 Å². The quantitative estimate of drug-likeness (QED) is 0.810. The van der Waals surface area contributed by atoms with Crippen molar-refractivity contribution < 1.29 is 13.9 Å². The average molecular weight is 315 g/mol. The minimum atomic E-state index is -0.482. The van der Waals surface area contributed by atoms with Gasteiger partial charge in [0.2, 0.25) is 5.91 Å². The van der Waals surface area contributed by atoms with Crippen molar-refractivity contribution in [3.8, 4) is 0 Å². The van der Waals surface area contributed by atoms with Gasteiger partial charge in [0.05, 0.1) is 24.8 Å². The van der Waals surface area contributed by atoms with E-state index in [-0.39, 0.29) is 29.4 Å². The van der Waals surface area contributed by atoms with Gasteiger partial charge in [0.25, 0.3) is 0 Å². The molecular formula is C15H20ClFN2O2. The maximum Gasteiger partial charge on any atom is 0.234 e. The topological polar surface area (TPSA) is 50.4 Å².